The number of phenols is 1. The summed E-state index contributed by atoms with van der Waals surface area (Å²) in [5, 5.41) is 24.6. The topological polar surface area (TPSA) is 412 Å². The molecule has 6 atom stereocenters. The van der Waals surface area contributed by atoms with E-state index in [-0.39, 0.29) is 62.2 Å². The summed E-state index contributed by atoms with van der Waals surface area (Å²) in [5.41, 5.74) is 28.1. The van der Waals surface area contributed by atoms with Crippen LogP contribution in [0.2, 0.25) is 0 Å². The third-order valence-corrected chi connectivity index (χ3v) is 9.90. The zero-order valence-corrected chi connectivity index (χ0v) is 36.7. The molecule has 19 N–H and O–H groups in total. The van der Waals surface area contributed by atoms with Gasteiger partial charge in [-0.3, -0.25) is 43.1 Å². The standard InChI is InChI=1S/C38H67N12O11P/c1-21(2)16-25(40)32(53)46-26(8-5-6-14-39)34(55)47-27(9-7-15-44-38(42)43)35(56)50-30(20-62(59,60)61)37(58)49-29(18-23-10-12-24(51)13-11-23)36(57)48-28(17-22(3)4)33(54)45-19-31(41)52/h10-13,21-22,25-30,51H,5-9,14-20,39-40H2,1-4H3,(H2,41,52)(H,45,54)(H,46,53)(H,47,55)(H,48,57)(H,49,58)(H,50,56)(H4,42,43,44)(H2,59,60,61)/t25-,26-,27-,28-,29-,30-/m0/s1. The summed E-state index contributed by atoms with van der Waals surface area (Å²) in [6.45, 7) is 7.06. The maximum Gasteiger partial charge on any atom is 0.328 e. The van der Waals surface area contributed by atoms with Gasteiger partial charge in [-0.05, 0) is 81.0 Å². The number of nitrogens with two attached hydrogens (primary N) is 5. The van der Waals surface area contributed by atoms with Crippen LogP contribution in [0, 0.1) is 11.8 Å². The maximum absolute atomic E-state index is 14.0. The van der Waals surface area contributed by atoms with Crippen LogP contribution >= 0.6 is 7.60 Å². The molecule has 24 heteroatoms. The molecule has 0 bridgehead atoms. The Bertz CT molecular complexity index is 1720. The third-order valence-electron chi connectivity index (χ3n) is 9.06. The SMILES string of the molecule is CC(C)C[C@H](NC(=O)[C@H](Cc1ccc(O)cc1)NC(=O)[C@H](CP(=O)(O)O)NC(=O)[C@H](CCCN=C(N)N)NC(=O)[C@H](CCCCN)NC(=O)[C@@H](N)CC(C)C)C(=O)NCC(N)=O. The zero-order chi connectivity index (χ0) is 47.2. The van der Waals surface area contributed by atoms with Crippen molar-refractivity contribution >= 4 is 54.9 Å². The first-order valence-electron chi connectivity index (χ1n) is 20.3. The molecule has 7 amide bonds. The van der Waals surface area contributed by atoms with Gasteiger partial charge in [0, 0.05) is 13.0 Å². The van der Waals surface area contributed by atoms with E-state index >= 15 is 0 Å². The Hall–Kier alpha value is -5.35. The molecule has 0 aliphatic rings. The lowest BCUT2D eigenvalue weighted by molar-refractivity contribution is -0.135. The molecule has 0 aliphatic heterocycles. The largest absolute Gasteiger partial charge is 0.508 e. The normalized spacial score (nSPS) is 14.3. The number of aromatic hydroxyl groups is 1. The Labute approximate surface area is 361 Å². The number of benzene rings is 1. The predicted molar refractivity (Wildman–Crippen MR) is 230 cm³/mol. The first kappa shape index (κ1) is 54.7. The highest BCUT2D eigenvalue weighted by Gasteiger charge is 2.36. The van der Waals surface area contributed by atoms with Crippen molar-refractivity contribution in [2.24, 2.45) is 45.5 Å². The van der Waals surface area contributed by atoms with Gasteiger partial charge in [-0.15, -0.1) is 0 Å². The molecule has 0 radical (unpaired) electrons. The molecule has 1 rings (SSSR count). The molecule has 0 spiro atoms. The average molecular weight is 899 g/mol. The lowest BCUT2D eigenvalue weighted by Gasteiger charge is -2.28. The van der Waals surface area contributed by atoms with Gasteiger partial charge < -0.3 is 75.5 Å². The van der Waals surface area contributed by atoms with Gasteiger partial charge in [-0.1, -0.05) is 39.8 Å². The van der Waals surface area contributed by atoms with Gasteiger partial charge in [-0.2, -0.15) is 0 Å². The van der Waals surface area contributed by atoms with Crippen molar-refractivity contribution in [2.75, 3.05) is 25.8 Å². The Balaban J connectivity index is 3.57. The van der Waals surface area contributed by atoms with E-state index in [0.717, 1.165) is 0 Å². The molecule has 0 aliphatic carbocycles. The number of carbonyl (C=O) groups is 7. The second-order valence-electron chi connectivity index (χ2n) is 15.8. The number of guanidine groups is 1. The average Bonchev–Trinajstić information content (AvgIpc) is 3.16. The smallest absolute Gasteiger partial charge is 0.328 e. The number of aliphatic imine (C=N–C) groups is 1. The van der Waals surface area contributed by atoms with E-state index in [1.165, 1.54) is 24.3 Å². The molecule has 23 nitrogen and oxygen atoms in total. The number of amides is 7. The van der Waals surface area contributed by atoms with Crippen LogP contribution in [0.3, 0.4) is 0 Å². The molecule has 1 aromatic rings. The van der Waals surface area contributed by atoms with Gasteiger partial charge in [0.15, 0.2) is 5.96 Å². The molecule has 1 aromatic carbocycles. The number of rotatable bonds is 29. The second-order valence-corrected chi connectivity index (χ2v) is 17.5. The molecule has 350 valence electrons. The van der Waals surface area contributed by atoms with Gasteiger partial charge in [0.05, 0.1) is 18.7 Å². The van der Waals surface area contributed by atoms with Gasteiger partial charge in [0.2, 0.25) is 41.4 Å². The molecular formula is C38H67N12O11P. The molecule has 0 aromatic heterocycles. The van der Waals surface area contributed by atoms with Crippen molar-refractivity contribution in [3.63, 3.8) is 0 Å². The fourth-order valence-corrected chi connectivity index (χ4v) is 6.76. The minimum atomic E-state index is -5.10. The minimum absolute atomic E-state index is 0.00150. The number of phenolic OH excluding ortho intramolecular Hbond substituents is 1. The van der Waals surface area contributed by atoms with Crippen molar-refractivity contribution in [1.29, 1.82) is 0 Å². The van der Waals surface area contributed by atoms with Crippen LogP contribution in [-0.4, -0.2) is 124 Å². The maximum atomic E-state index is 14.0. The summed E-state index contributed by atoms with van der Waals surface area (Å²) in [4.78, 5) is 117. The number of hydrogen-bond donors (Lipinski definition) is 14. The number of nitrogens with zero attached hydrogens (tertiary/aromatic N) is 1. The summed E-state index contributed by atoms with van der Waals surface area (Å²) in [6, 6.07) is -2.83. The van der Waals surface area contributed by atoms with Crippen molar-refractivity contribution in [2.45, 2.75) is 115 Å². The number of nitrogens with one attached hydrogen (secondary N) is 6. The van der Waals surface area contributed by atoms with Gasteiger partial charge in [0.1, 0.15) is 36.0 Å². The highest BCUT2D eigenvalue weighted by Crippen LogP contribution is 2.35. The van der Waals surface area contributed by atoms with Crippen LogP contribution in [0.1, 0.15) is 78.2 Å². The van der Waals surface area contributed by atoms with E-state index in [2.05, 4.69) is 36.9 Å². The van der Waals surface area contributed by atoms with Crippen LogP contribution in [0.15, 0.2) is 29.3 Å². The summed E-state index contributed by atoms with van der Waals surface area (Å²) in [6.07, 6.45) is -0.136. The van der Waals surface area contributed by atoms with Crippen LogP contribution in [-0.2, 0) is 44.5 Å². The zero-order valence-electron chi connectivity index (χ0n) is 35.8. The van der Waals surface area contributed by atoms with Crippen molar-refractivity contribution in [3.8, 4) is 5.75 Å². The van der Waals surface area contributed by atoms with Gasteiger partial charge in [0.25, 0.3) is 0 Å². The second kappa shape index (κ2) is 27.6. The van der Waals surface area contributed by atoms with E-state index in [4.69, 9.17) is 28.7 Å². The van der Waals surface area contributed by atoms with E-state index in [9.17, 15) is 53.0 Å². The fraction of sp³-hybridized carbons (Fsp3) is 0.632. The van der Waals surface area contributed by atoms with Crippen molar-refractivity contribution in [3.05, 3.63) is 29.8 Å². The molecule has 0 fully saturated rings. The number of unbranched alkanes of at least 4 members (excludes halogenated alkanes) is 1. The lowest BCUT2D eigenvalue weighted by atomic mass is 10.0. The number of hydrogen-bond acceptors (Lipinski definition) is 12. The van der Waals surface area contributed by atoms with E-state index in [0.29, 0.717) is 31.4 Å². The third kappa shape index (κ3) is 23.0. The highest BCUT2D eigenvalue weighted by atomic mass is 31.2. The van der Waals surface area contributed by atoms with Crippen LogP contribution < -0.4 is 60.6 Å². The molecule has 0 saturated carbocycles. The predicted octanol–water partition coefficient (Wildman–Crippen LogP) is -3.26. The van der Waals surface area contributed by atoms with E-state index in [1.807, 2.05) is 13.8 Å². The quantitative estimate of drug-likeness (QED) is 0.0162. The summed E-state index contributed by atoms with van der Waals surface area (Å²) in [7, 11) is -5.10. The van der Waals surface area contributed by atoms with Crippen molar-refractivity contribution in [1.82, 2.24) is 31.9 Å². The molecule has 62 heavy (non-hydrogen) atoms. The van der Waals surface area contributed by atoms with E-state index in [1.54, 1.807) is 13.8 Å². The fourth-order valence-electron chi connectivity index (χ4n) is 6.03. The van der Waals surface area contributed by atoms with Crippen molar-refractivity contribution < 1.29 is 53.0 Å². The molecule has 0 saturated heterocycles. The highest BCUT2D eigenvalue weighted by molar-refractivity contribution is 7.51. The Kier molecular flexibility index (Phi) is 24.3. The van der Waals surface area contributed by atoms with Crippen LogP contribution in [0.5, 0.6) is 5.75 Å². The molecular weight excluding hydrogens is 831 g/mol. The van der Waals surface area contributed by atoms with Gasteiger partial charge in [-0.25, -0.2) is 0 Å². The Morgan fingerprint density at radius 1 is 0.661 bits per heavy atom. The molecule has 0 unspecified atom stereocenters. The Morgan fingerprint density at radius 3 is 1.66 bits per heavy atom. The molecule has 0 heterocycles. The minimum Gasteiger partial charge on any atom is -0.508 e. The Morgan fingerprint density at radius 2 is 1.15 bits per heavy atom. The summed E-state index contributed by atoms with van der Waals surface area (Å²) >= 11 is 0. The van der Waals surface area contributed by atoms with Crippen LogP contribution in [0.25, 0.3) is 0 Å². The summed E-state index contributed by atoms with van der Waals surface area (Å²) < 4.78 is 12.4. The van der Waals surface area contributed by atoms with Crippen LogP contribution in [0.4, 0.5) is 0 Å². The first-order valence-corrected chi connectivity index (χ1v) is 22.1. The van der Waals surface area contributed by atoms with Gasteiger partial charge >= 0.3 is 7.60 Å². The number of primary amides is 1. The first-order chi connectivity index (χ1) is 28.9. The lowest BCUT2D eigenvalue weighted by Crippen LogP contribution is -2.60. The summed E-state index contributed by atoms with van der Waals surface area (Å²) in [5.74, 6) is -6.65. The monoisotopic (exact) mass is 898 g/mol. The number of carbonyl (C=O) groups excluding carboxylic acids is 7. The van der Waals surface area contributed by atoms with E-state index < -0.39 is 97.9 Å².